The Balaban J connectivity index is 1.52. The number of aryl methyl sites for hydroxylation is 1. The van der Waals surface area contributed by atoms with E-state index in [1.54, 1.807) is 35.7 Å². The molecule has 0 aliphatic carbocycles. The van der Waals surface area contributed by atoms with E-state index in [4.69, 9.17) is 14.5 Å². The molecule has 1 N–H and O–H groups in total. The van der Waals surface area contributed by atoms with Gasteiger partial charge in [0.1, 0.15) is 5.52 Å². The number of methoxy groups -OCH3 is 2. The third-order valence-electron chi connectivity index (χ3n) is 5.93. The zero-order chi connectivity index (χ0) is 23.8. The molecule has 34 heavy (non-hydrogen) atoms. The zero-order valence-electron chi connectivity index (χ0n) is 19.0. The van der Waals surface area contributed by atoms with Gasteiger partial charge in [0.25, 0.3) is 0 Å². The van der Waals surface area contributed by atoms with E-state index < -0.39 is 0 Å². The highest BCUT2D eigenvalue weighted by molar-refractivity contribution is 7.18. The number of hydrogen-bond acceptors (Lipinski definition) is 6. The van der Waals surface area contributed by atoms with Gasteiger partial charge in [0.2, 0.25) is 5.43 Å². The Labute approximate surface area is 199 Å². The predicted octanol–water partition coefficient (Wildman–Crippen LogP) is 5.56. The number of nitrogens with zero attached hydrogens (tertiary/aromatic N) is 1. The molecule has 0 radical (unpaired) electrons. The summed E-state index contributed by atoms with van der Waals surface area (Å²) in [5, 5.41) is 3.19. The molecular weight excluding hydrogens is 448 g/mol. The molecule has 7 heteroatoms. The van der Waals surface area contributed by atoms with Crippen molar-refractivity contribution in [3.63, 3.8) is 0 Å². The minimum absolute atomic E-state index is 0.0484. The first kappa shape index (κ1) is 21.9. The van der Waals surface area contributed by atoms with Crippen LogP contribution in [0.5, 0.6) is 11.5 Å². The molecule has 2 aromatic carbocycles. The van der Waals surface area contributed by atoms with Crippen LogP contribution in [0.2, 0.25) is 0 Å². The largest absolute Gasteiger partial charge is 0.493 e. The van der Waals surface area contributed by atoms with Gasteiger partial charge in [-0.3, -0.25) is 9.59 Å². The van der Waals surface area contributed by atoms with Crippen molar-refractivity contribution in [2.75, 3.05) is 14.2 Å². The second kappa shape index (κ2) is 8.76. The van der Waals surface area contributed by atoms with E-state index >= 15 is 0 Å². The Hall–Kier alpha value is -3.97. The number of nitrogens with one attached hydrogen (secondary N) is 1. The van der Waals surface area contributed by atoms with Gasteiger partial charge in [-0.2, -0.15) is 0 Å². The minimum atomic E-state index is -0.250. The van der Waals surface area contributed by atoms with Gasteiger partial charge < -0.3 is 14.5 Å². The number of carbonyl (C=O) groups is 1. The van der Waals surface area contributed by atoms with E-state index in [2.05, 4.69) is 29.4 Å². The number of aromatic nitrogens is 2. The topological polar surface area (TPSA) is 81.3 Å². The number of rotatable bonds is 6. The molecule has 5 rings (SSSR count). The summed E-state index contributed by atoms with van der Waals surface area (Å²) in [6.45, 7) is 2.09. The van der Waals surface area contributed by atoms with Crippen LogP contribution in [0.3, 0.4) is 0 Å². The van der Waals surface area contributed by atoms with Gasteiger partial charge in [-0.25, -0.2) is 4.98 Å². The molecule has 5 aromatic rings. The maximum absolute atomic E-state index is 13.3. The average molecular weight is 471 g/mol. The van der Waals surface area contributed by atoms with E-state index in [9.17, 15) is 9.59 Å². The highest BCUT2D eigenvalue weighted by Crippen LogP contribution is 2.35. The van der Waals surface area contributed by atoms with Crippen molar-refractivity contribution in [2.45, 2.75) is 13.3 Å². The second-order valence-corrected chi connectivity index (χ2v) is 8.89. The van der Waals surface area contributed by atoms with Crippen molar-refractivity contribution in [3.8, 4) is 22.8 Å². The molecule has 0 spiro atoms. The van der Waals surface area contributed by atoms with Crippen LogP contribution in [-0.4, -0.2) is 30.0 Å². The van der Waals surface area contributed by atoms with Crippen molar-refractivity contribution in [2.24, 2.45) is 0 Å². The smallest absolute Gasteiger partial charge is 0.211 e. The second-order valence-electron chi connectivity index (χ2n) is 8.01. The fourth-order valence-corrected chi connectivity index (χ4v) is 5.14. The SMILES string of the molecule is COc1ccc(C(=O)Cc2c[nH]c3ccc(-c4csc5c(C)cccc45)nc3c2=O)cc1OC. The lowest BCUT2D eigenvalue weighted by atomic mass is 10.0. The van der Waals surface area contributed by atoms with Gasteiger partial charge in [-0.05, 0) is 42.8 Å². The normalized spacial score (nSPS) is 11.1. The van der Waals surface area contributed by atoms with Crippen LogP contribution in [-0.2, 0) is 6.42 Å². The molecule has 6 nitrogen and oxygen atoms in total. The maximum atomic E-state index is 13.3. The van der Waals surface area contributed by atoms with Crippen molar-refractivity contribution >= 4 is 38.2 Å². The Morgan fingerprint density at radius 3 is 2.68 bits per heavy atom. The number of thiophene rings is 1. The van der Waals surface area contributed by atoms with Crippen molar-refractivity contribution in [3.05, 3.63) is 87.0 Å². The number of fused-ring (bicyclic) bond motifs is 2. The first-order chi connectivity index (χ1) is 16.5. The van der Waals surface area contributed by atoms with Crippen LogP contribution < -0.4 is 14.9 Å². The molecule has 0 amide bonds. The Morgan fingerprint density at radius 2 is 1.88 bits per heavy atom. The number of hydrogen-bond donors (Lipinski definition) is 1. The standard InChI is InChI=1S/C27H22N2O4S/c1-15-5-4-6-18-19(14-34-27(15)18)20-8-9-21-25(29-20)26(31)17(13-28-21)11-22(30)16-7-10-23(32-2)24(12-16)33-3/h4-10,12-14H,11H2,1-3H3,(H,28,31). The number of benzene rings is 2. The van der Waals surface area contributed by atoms with E-state index in [1.807, 2.05) is 18.2 Å². The minimum Gasteiger partial charge on any atom is -0.493 e. The lowest BCUT2D eigenvalue weighted by molar-refractivity contribution is 0.0992. The third-order valence-corrected chi connectivity index (χ3v) is 7.06. The highest BCUT2D eigenvalue weighted by Gasteiger charge is 2.16. The average Bonchev–Trinajstić information content (AvgIpc) is 3.30. The van der Waals surface area contributed by atoms with Gasteiger partial charge in [0.15, 0.2) is 17.3 Å². The maximum Gasteiger partial charge on any atom is 0.211 e. The fourth-order valence-electron chi connectivity index (χ4n) is 4.10. The van der Waals surface area contributed by atoms with Gasteiger partial charge in [0.05, 0.1) is 25.4 Å². The van der Waals surface area contributed by atoms with Gasteiger partial charge in [-0.1, -0.05) is 18.2 Å². The van der Waals surface area contributed by atoms with Crippen LogP contribution in [0.15, 0.2) is 64.9 Å². The van der Waals surface area contributed by atoms with Crippen LogP contribution in [0, 0.1) is 6.92 Å². The lowest BCUT2D eigenvalue weighted by Gasteiger charge is -2.09. The molecule has 0 aliphatic rings. The first-order valence-electron chi connectivity index (χ1n) is 10.7. The monoisotopic (exact) mass is 470 g/mol. The highest BCUT2D eigenvalue weighted by atomic mass is 32.1. The summed E-state index contributed by atoms with van der Waals surface area (Å²) in [4.78, 5) is 34.0. The molecular formula is C27H22N2O4S. The quantitative estimate of drug-likeness (QED) is 0.329. The summed E-state index contributed by atoms with van der Waals surface area (Å²) in [7, 11) is 3.05. The van der Waals surface area contributed by atoms with E-state index in [0.29, 0.717) is 33.7 Å². The number of pyridine rings is 2. The van der Waals surface area contributed by atoms with Gasteiger partial charge >= 0.3 is 0 Å². The molecule has 0 atom stereocenters. The molecule has 3 heterocycles. The number of ketones is 1. The molecule has 0 saturated carbocycles. The Bertz CT molecular complexity index is 1620. The fraction of sp³-hybridized carbons (Fsp3) is 0.148. The summed E-state index contributed by atoms with van der Waals surface area (Å²) < 4.78 is 11.7. The van der Waals surface area contributed by atoms with Crippen LogP contribution in [0.25, 0.3) is 32.4 Å². The van der Waals surface area contributed by atoms with Crippen molar-refractivity contribution in [1.82, 2.24) is 9.97 Å². The van der Waals surface area contributed by atoms with Gasteiger partial charge in [0, 0.05) is 44.8 Å². The molecule has 0 unspecified atom stereocenters. The summed E-state index contributed by atoms with van der Waals surface area (Å²) in [6, 6.07) is 14.9. The summed E-state index contributed by atoms with van der Waals surface area (Å²) in [5.74, 6) is 0.807. The number of ether oxygens (including phenoxy) is 2. The molecule has 0 saturated heterocycles. The summed E-state index contributed by atoms with van der Waals surface area (Å²) in [5.41, 5.74) is 4.45. The summed E-state index contributed by atoms with van der Waals surface area (Å²) in [6.07, 6.45) is 1.54. The number of Topliss-reactive ketones (excluding diaryl/α,β-unsaturated/α-hetero) is 1. The summed E-state index contributed by atoms with van der Waals surface area (Å²) >= 11 is 1.67. The Morgan fingerprint density at radius 1 is 1.06 bits per heavy atom. The number of H-pyrrole nitrogens is 1. The molecule has 3 aromatic heterocycles. The molecule has 0 fully saturated rings. The molecule has 170 valence electrons. The van der Waals surface area contributed by atoms with Crippen molar-refractivity contribution < 1.29 is 14.3 Å². The predicted molar refractivity (Wildman–Crippen MR) is 136 cm³/mol. The van der Waals surface area contributed by atoms with Crippen LogP contribution >= 0.6 is 11.3 Å². The van der Waals surface area contributed by atoms with Crippen LogP contribution in [0.4, 0.5) is 0 Å². The zero-order valence-corrected chi connectivity index (χ0v) is 19.8. The first-order valence-corrected chi connectivity index (χ1v) is 11.6. The van der Waals surface area contributed by atoms with E-state index in [1.165, 1.54) is 24.5 Å². The van der Waals surface area contributed by atoms with Crippen molar-refractivity contribution in [1.29, 1.82) is 0 Å². The number of aromatic amines is 1. The van der Waals surface area contributed by atoms with E-state index in [0.717, 1.165) is 16.6 Å². The molecule has 0 bridgehead atoms. The Kier molecular flexibility index (Phi) is 5.63. The van der Waals surface area contributed by atoms with Crippen LogP contribution in [0.1, 0.15) is 21.5 Å². The lowest BCUT2D eigenvalue weighted by Crippen LogP contribution is -2.16. The van der Waals surface area contributed by atoms with Gasteiger partial charge in [-0.15, -0.1) is 11.3 Å². The number of carbonyl (C=O) groups excluding carboxylic acids is 1. The molecule has 0 aliphatic heterocycles. The third kappa shape index (κ3) is 3.74. The van der Waals surface area contributed by atoms with E-state index in [-0.39, 0.29) is 17.6 Å².